The van der Waals surface area contributed by atoms with Gasteiger partial charge < -0.3 is 19.3 Å². The van der Waals surface area contributed by atoms with E-state index in [0.29, 0.717) is 13.1 Å². The third kappa shape index (κ3) is 3.35. The monoisotopic (exact) mass is 278 g/mol. The lowest BCUT2D eigenvalue weighted by Gasteiger charge is -2.36. The second-order valence-electron chi connectivity index (χ2n) is 5.08. The summed E-state index contributed by atoms with van der Waals surface area (Å²) in [4.78, 5) is 15.5. The van der Waals surface area contributed by atoms with Crippen LogP contribution in [0.25, 0.3) is 0 Å². The Morgan fingerprint density at radius 1 is 1.15 bits per heavy atom. The molecule has 0 aromatic heterocycles. The molecule has 2 rings (SSSR count). The maximum Gasteiger partial charge on any atom is 0.409 e. The summed E-state index contributed by atoms with van der Waals surface area (Å²) in [6.45, 7) is 6.95. The fraction of sp³-hybridized carbons (Fsp3) is 0.533. The van der Waals surface area contributed by atoms with Crippen molar-refractivity contribution in [1.82, 2.24) is 4.90 Å². The zero-order chi connectivity index (χ0) is 14.5. The average Bonchev–Trinajstić information content (AvgIpc) is 2.46. The number of hydrogen-bond acceptors (Lipinski definition) is 4. The van der Waals surface area contributed by atoms with Gasteiger partial charge in [0.25, 0.3) is 0 Å². The zero-order valence-electron chi connectivity index (χ0n) is 12.3. The summed E-state index contributed by atoms with van der Waals surface area (Å²) < 4.78 is 10.6. The minimum Gasteiger partial charge on any atom is -0.489 e. The number of ether oxygens (including phenoxy) is 2. The van der Waals surface area contributed by atoms with Gasteiger partial charge in [-0.1, -0.05) is 12.1 Å². The predicted molar refractivity (Wildman–Crippen MR) is 78.4 cm³/mol. The topological polar surface area (TPSA) is 42.0 Å². The minimum atomic E-state index is -0.253. The third-order valence-electron chi connectivity index (χ3n) is 3.28. The Labute approximate surface area is 120 Å². The van der Waals surface area contributed by atoms with Crippen molar-refractivity contribution in [1.29, 1.82) is 0 Å². The molecule has 1 aromatic carbocycles. The first-order valence-corrected chi connectivity index (χ1v) is 6.95. The van der Waals surface area contributed by atoms with Gasteiger partial charge in [-0.3, -0.25) is 0 Å². The Kier molecular flexibility index (Phi) is 4.71. The van der Waals surface area contributed by atoms with Gasteiger partial charge in [-0.05, 0) is 26.0 Å². The molecule has 1 amide bonds. The van der Waals surface area contributed by atoms with Gasteiger partial charge in [-0.25, -0.2) is 4.79 Å². The Bertz CT molecular complexity index is 454. The molecule has 1 saturated heterocycles. The van der Waals surface area contributed by atoms with Crippen LogP contribution in [-0.4, -0.2) is 50.4 Å². The zero-order valence-corrected chi connectivity index (χ0v) is 12.3. The van der Waals surface area contributed by atoms with Crippen LogP contribution in [0.2, 0.25) is 0 Å². The second-order valence-corrected chi connectivity index (χ2v) is 5.08. The van der Waals surface area contributed by atoms with Crippen LogP contribution in [0, 0.1) is 0 Å². The molecule has 0 bridgehead atoms. The van der Waals surface area contributed by atoms with E-state index in [0.717, 1.165) is 24.5 Å². The highest BCUT2D eigenvalue weighted by atomic mass is 16.5. The number of piperazine rings is 1. The number of para-hydroxylation sites is 2. The van der Waals surface area contributed by atoms with Crippen LogP contribution in [0.3, 0.4) is 0 Å². The van der Waals surface area contributed by atoms with Crippen molar-refractivity contribution in [2.24, 2.45) is 0 Å². The van der Waals surface area contributed by atoms with Gasteiger partial charge in [0.05, 0.1) is 18.9 Å². The van der Waals surface area contributed by atoms with Crippen molar-refractivity contribution in [2.75, 3.05) is 38.2 Å². The number of rotatable bonds is 3. The van der Waals surface area contributed by atoms with Crippen molar-refractivity contribution in [3.63, 3.8) is 0 Å². The molecule has 1 aromatic rings. The molecule has 0 saturated carbocycles. The molecule has 0 radical (unpaired) electrons. The molecule has 0 atom stereocenters. The molecule has 5 nitrogen and oxygen atoms in total. The van der Waals surface area contributed by atoms with E-state index >= 15 is 0 Å². The van der Waals surface area contributed by atoms with Crippen LogP contribution in [0.1, 0.15) is 13.8 Å². The van der Waals surface area contributed by atoms with Crippen molar-refractivity contribution >= 4 is 11.8 Å². The van der Waals surface area contributed by atoms with Crippen molar-refractivity contribution in [3.8, 4) is 5.75 Å². The van der Waals surface area contributed by atoms with Crippen molar-refractivity contribution in [3.05, 3.63) is 24.3 Å². The summed E-state index contributed by atoms with van der Waals surface area (Å²) in [5, 5.41) is 0. The van der Waals surface area contributed by atoms with Crippen LogP contribution in [0.5, 0.6) is 5.75 Å². The number of benzene rings is 1. The SMILES string of the molecule is COC(=O)N1CCN(c2ccccc2OC(C)C)CC1. The number of carbonyl (C=O) groups excluding carboxylic acids is 1. The normalized spacial score (nSPS) is 15.4. The highest BCUT2D eigenvalue weighted by Crippen LogP contribution is 2.29. The molecule has 1 aliphatic rings. The molecule has 1 aliphatic heterocycles. The standard InChI is InChI=1S/C15H22N2O3/c1-12(2)20-14-7-5-4-6-13(14)16-8-10-17(11-9-16)15(18)19-3/h4-7,12H,8-11H2,1-3H3. The molecule has 0 aliphatic carbocycles. The predicted octanol–water partition coefficient (Wildman–Crippen LogP) is 2.36. The molecule has 0 spiro atoms. The first-order valence-electron chi connectivity index (χ1n) is 6.95. The Balaban J connectivity index is 2.05. The van der Waals surface area contributed by atoms with Gasteiger partial charge in [-0.2, -0.15) is 0 Å². The van der Waals surface area contributed by atoms with Crippen LogP contribution >= 0.6 is 0 Å². The lowest BCUT2D eigenvalue weighted by atomic mass is 10.2. The van der Waals surface area contributed by atoms with E-state index in [1.54, 1.807) is 4.90 Å². The quantitative estimate of drug-likeness (QED) is 0.851. The van der Waals surface area contributed by atoms with Crippen LogP contribution in [0.4, 0.5) is 10.5 Å². The summed E-state index contributed by atoms with van der Waals surface area (Å²) >= 11 is 0. The summed E-state index contributed by atoms with van der Waals surface area (Å²) in [6.07, 6.45) is -0.108. The van der Waals surface area contributed by atoms with E-state index in [9.17, 15) is 4.79 Å². The number of carbonyl (C=O) groups is 1. The molecule has 20 heavy (non-hydrogen) atoms. The van der Waals surface area contributed by atoms with E-state index in [2.05, 4.69) is 11.0 Å². The maximum atomic E-state index is 11.5. The Hall–Kier alpha value is -1.91. The molecule has 1 fully saturated rings. The summed E-state index contributed by atoms with van der Waals surface area (Å²) in [6, 6.07) is 8.04. The van der Waals surface area contributed by atoms with E-state index in [-0.39, 0.29) is 12.2 Å². The lowest BCUT2D eigenvalue weighted by Crippen LogP contribution is -2.48. The Morgan fingerprint density at radius 2 is 1.80 bits per heavy atom. The number of hydrogen-bond donors (Lipinski definition) is 0. The molecule has 1 heterocycles. The highest BCUT2D eigenvalue weighted by molar-refractivity contribution is 5.68. The van der Waals surface area contributed by atoms with Crippen LogP contribution in [0.15, 0.2) is 24.3 Å². The van der Waals surface area contributed by atoms with E-state index in [1.165, 1.54) is 7.11 Å². The second kappa shape index (κ2) is 6.50. The van der Waals surface area contributed by atoms with Gasteiger partial charge in [0.1, 0.15) is 5.75 Å². The highest BCUT2D eigenvalue weighted by Gasteiger charge is 2.23. The molecular formula is C15H22N2O3. The minimum absolute atomic E-state index is 0.146. The van der Waals surface area contributed by atoms with Gasteiger partial charge in [0.15, 0.2) is 0 Å². The molecule has 110 valence electrons. The van der Waals surface area contributed by atoms with Gasteiger partial charge in [0, 0.05) is 26.2 Å². The smallest absolute Gasteiger partial charge is 0.409 e. The number of amides is 1. The summed E-state index contributed by atoms with van der Waals surface area (Å²) in [5.41, 5.74) is 1.09. The molecule has 0 N–H and O–H groups in total. The largest absolute Gasteiger partial charge is 0.489 e. The fourth-order valence-electron chi connectivity index (χ4n) is 2.33. The van der Waals surface area contributed by atoms with Crippen LogP contribution in [-0.2, 0) is 4.74 Å². The van der Waals surface area contributed by atoms with E-state index in [4.69, 9.17) is 9.47 Å². The van der Waals surface area contributed by atoms with Gasteiger partial charge in [-0.15, -0.1) is 0 Å². The molecule has 0 unspecified atom stereocenters. The lowest BCUT2D eigenvalue weighted by molar-refractivity contribution is 0.121. The molecule has 5 heteroatoms. The molecular weight excluding hydrogens is 256 g/mol. The number of nitrogens with zero attached hydrogens (tertiary/aromatic N) is 2. The maximum absolute atomic E-state index is 11.5. The van der Waals surface area contributed by atoms with E-state index in [1.807, 2.05) is 32.0 Å². The van der Waals surface area contributed by atoms with Gasteiger partial charge in [0.2, 0.25) is 0 Å². The average molecular weight is 278 g/mol. The fourth-order valence-corrected chi connectivity index (χ4v) is 2.33. The van der Waals surface area contributed by atoms with E-state index < -0.39 is 0 Å². The van der Waals surface area contributed by atoms with Gasteiger partial charge >= 0.3 is 6.09 Å². The summed E-state index contributed by atoms with van der Waals surface area (Å²) in [5.74, 6) is 0.897. The summed E-state index contributed by atoms with van der Waals surface area (Å²) in [7, 11) is 1.42. The third-order valence-corrected chi connectivity index (χ3v) is 3.28. The van der Waals surface area contributed by atoms with Crippen molar-refractivity contribution < 1.29 is 14.3 Å². The number of anilines is 1. The Morgan fingerprint density at radius 3 is 2.40 bits per heavy atom. The number of methoxy groups -OCH3 is 1. The first kappa shape index (κ1) is 14.5. The van der Waals surface area contributed by atoms with Crippen LogP contribution < -0.4 is 9.64 Å². The van der Waals surface area contributed by atoms with Crippen molar-refractivity contribution in [2.45, 2.75) is 20.0 Å². The first-order chi connectivity index (χ1) is 9.61.